The number of nitrogens with one attached hydrogen (secondary N) is 1. The lowest BCUT2D eigenvalue weighted by Gasteiger charge is -2.26. The summed E-state index contributed by atoms with van der Waals surface area (Å²) in [5.41, 5.74) is 1.22. The summed E-state index contributed by atoms with van der Waals surface area (Å²) >= 11 is 5.94. The highest BCUT2D eigenvalue weighted by Crippen LogP contribution is 2.26. The fraction of sp³-hybridized carbons (Fsp3) is 0.381. The fourth-order valence-corrected chi connectivity index (χ4v) is 4.91. The molecule has 0 bridgehead atoms. The SMILES string of the molecule is Cc1ccc(S(=O)(=O)N2CCCCC2)cc1NC(=O)[C@@H](C)Oc1cccc(Cl)c1. The van der Waals surface area contributed by atoms with Crippen LogP contribution in [0.25, 0.3) is 0 Å². The minimum Gasteiger partial charge on any atom is -0.481 e. The number of hydrogen-bond acceptors (Lipinski definition) is 4. The number of ether oxygens (including phenoxy) is 1. The number of sulfonamides is 1. The van der Waals surface area contributed by atoms with Gasteiger partial charge in [-0.3, -0.25) is 4.79 Å². The van der Waals surface area contributed by atoms with E-state index in [1.807, 2.05) is 6.92 Å². The maximum atomic E-state index is 12.9. The van der Waals surface area contributed by atoms with E-state index in [1.54, 1.807) is 43.3 Å². The molecule has 0 aromatic heterocycles. The Balaban J connectivity index is 1.75. The third-order valence-electron chi connectivity index (χ3n) is 4.90. The first kappa shape index (κ1) is 21.6. The second-order valence-electron chi connectivity index (χ2n) is 7.15. The lowest BCUT2D eigenvalue weighted by Crippen LogP contribution is -2.35. The lowest BCUT2D eigenvalue weighted by molar-refractivity contribution is -0.122. The van der Waals surface area contributed by atoms with Gasteiger partial charge in [0.05, 0.1) is 4.90 Å². The molecule has 0 unspecified atom stereocenters. The van der Waals surface area contributed by atoms with Crippen LogP contribution in [0.3, 0.4) is 0 Å². The van der Waals surface area contributed by atoms with Gasteiger partial charge in [0.2, 0.25) is 10.0 Å². The van der Waals surface area contributed by atoms with Crippen LogP contribution in [-0.4, -0.2) is 37.8 Å². The summed E-state index contributed by atoms with van der Waals surface area (Å²) < 4.78 is 33.0. The van der Waals surface area contributed by atoms with Gasteiger partial charge in [0.1, 0.15) is 5.75 Å². The number of benzene rings is 2. The zero-order valence-corrected chi connectivity index (χ0v) is 18.1. The van der Waals surface area contributed by atoms with Crippen LogP contribution < -0.4 is 10.1 Å². The van der Waals surface area contributed by atoms with E-state index in [4.69, 9.17) is 16.3 Å². The quantitative estimate of drug-likeness (QED) is 0.735. The molecule has 6 nitrogen and oxygen atoms in total. The molecule has 8 heteroatoms. The molecule has 2 aromatic rings. The fourth-order valence-electron chi connectivity index (χ4n) is 3.18. The van der Waals surface area contributed by atoms with Crippen LogP contribution in [0.2, 0.25) is 5.02 Å². The summed E-state index contributed by atoms with van der Waals surface area (Å²) in [4.78, 5) is 12.8. The molecule has 1 atom stereocenters. The van der Waals surface area contributed by atoms with Gasteiger partial charge in [0.25, 0.3) is 5.91 Å². The van der Waals surface area contributed by atoms with Crippen LogP contribution in [0, 0.1) is 6.92 Å². The van der Waals surface area contributed by atoms with Gasteiger partial charge in [0, 0.05) is 23.8 Å². The van der Waals surface area contributed by atoms with E-state index in [2.05, 4.69) is 5.32 Å². The van der Waals surface area contributed by atoms with Crippen LogP contribution in [0.4, 0.5) is 5.69 Å². The normalized spacial score (nSPS) is 16.2. The predicted octanol–water partition coefficient (Wildman–Crippen LogP) is 4.23. The number of aryl methyl sites for hydroxylation is 1. The molecule has 0 aliphatic carbocycles. The first-order chi connectivity index (χ1) is 13.8. The molecule has 2 aromatic carbocycles. The molecule has 0 spiro atoms. The van der Waals surface area contributed by atoms with Gasteiger partial charge in [-0.15, -0.1) is 0 Å². The lowest BCUT2D eigenvalue weighted by atomic mass is 10.2. The Morgan fingerprint density at radius 1 is 1.14 bits per heavy atom. The van der Waals surface area contributed by atoms with Crippen molar-refractivity contribution in [3.05, 3.63) is 53.1 Å². The average Bonchev–Trinajstić information content (AvgIpc) is 2.70. The minimum atomic E-state index is -3.57. The number of rotatable bonds is 6. The Hall–Kier alpha value is -2.09. The van der Waals surface area contributed by atoms with Crippen molar-refractivity contribution in [2.75, 3.05) is 18.4 Å². The molecule has 1 amide bonds. The topological polar surface area (TPSA) is 75.7 Å². The zero-order valence-electron chi connectivity index (χ0n) is 16.5. The molecule has 1 aliphatic rings. The minimum absolute atomic E-state index is 0.184. The third kappa shape index (κ3) is 5.29. The first-order valence-corrected chi connectivity index (χ1v) is 11.4. The van der Waals surface area contributed by atoms with Crippen molar-refractivity contribution in [1.29, 1.82) is 0 Å². The highest BCUT2D eigenvalue weighted by molar-refractivity contribution is 7.89. The van der Waals surface area contributed by atoms with Gasteiger partial charge in [-0.05, 0) is 62.6 Å². The van der Waals surface area contributed by atoms with E-state index >= 15 is 0 Å². The molecular formula is C21H25ClN2O4S. The molecule has 156 valence electrons. The van der Waals surface area contributed by atoms with Crippen molar-refractivity contribution in [3.8, 4) is 5.75 Å². The second kappa shape index (κ2) is 9.15. The zero-order chi connectivity index (χ0) is 21.0. The molecule has 29 heavy (non-hydrogen) atoms. The highest BCUT2D eigenvalue weighted by Gasteiger charge is 2.26. The molecule has 0 saturated carbocycles. The van der Waals surface area contributed by atoms with Gasteiger partial charge in [-0.1, -0.05) is 30.2 Å². The Morgan fingerprint density at radius 2 is 1.86 bits per heavy atom. The Labute approximate surface area is 176 Å². The van der Waals surface area contributed by atoms with Crippen molar-refractivity contribution < 1.29 is 17.9 Å². The van der Waals surface area contributed by atoms with Crippen LogP contribution in [-0.2, 0) is 14.8 Å². The molecule has 1 heterocycles. The molecular weight excluding hydrogens is 412 g/mol. The first-order valence-electron chi connectivity index (χ1n) is 9.61. The number of anilines is 1. The monoisotopic (exact) mass is 436 g/mol. The molecule has 3 rings (SSSR count). The Morgan fingerprint density at radius 3 is 2.55 bits per heavy atom. The summed E-state index contributed by atoms with van der Waals surface area (Å²) in [5.74, 6) is 0.110. The highest BCUT2D eigenvalue weighted by atomic mass is 35.5. The number of amides is 1. The third-order valence-corrected chi connectivity index (χ3v) is 7.03. The van der Waals surface area contributed by atoms with Crippen molar-refractivity contribution in [2.24, 2.45) is 0 Å². The van der Waals surface area contributed by atoms with Crippen molar-refractivity contribution in [3.63, 3.8) is 0 Å². The number of carbonyl (C=O) groups is 1. The molecule has 1 fully saturated rings. The van der Waals surface area contributed by atoms with Crippen LogP contribution in [0.1, 0.15) is 31.7 Å². The van der Waals surface area contributed by atoms with Gasteiger partial charge in [0.15, 0.2) is 6.10 Å². The van der Waals surface area contributed by atoms with Crippen molar-refractivity contribution >= 4 is 33.2 Å². The Bertz CT molecular complexity index is 988. The number of hydrogen-bond donors (Lipinski definition) is 1. The van der Waals surface area contributed by atoms with Gasteiger partial charge >= 0.3 is 0 Å². The number of nitrogens with zero attached hydrogens (tertiary/aromatic N) is 1. The van der Waals surface area contributed by atoms with Crippen molar-refractivity contribution in [2.45, 2.75) is 44.1 Å². The summed E-state index contributed by atoms with van der Waals surface area (Å²) in [6.45, 7) is 4.50. The average molecular weight is 437 g/mol. The van der Waals surface area contributed by atoms with E-state index in [0.717, 1.165) is 24.8 Å². The summed E-state index contributed by atoms with van der Waals surface area (Å²) in [7, 11) is -3.57. The molecule has 1 aliphatic heterocycles. The van der Waals surface area contributed by atoms with E-state index in [-0.39, 0.29) is 10.8 Å². The number of piperidine rings is 1. The van der Waals surface area contributed by atoms with Crippen molar-refractivity contribution in [1.82, 2.24) is 4.31 Å². The summed E-state index contributed by atoms with van der Waals surface area (Å²) in [5, 5.41) is 3.30. The van der Waals surface area contributed by atoms with E-state index in [9.17, 15) is 13.2 Å². The number of carbonyl (C=O) groups excluding carboxylic acids is 1. The van der Waals surface area contributed by atoms with E-state index in [1.165, 1.54) is 10.4 Å². The maximum absolute atomic E-state index is 12.9. The summed E-state index contributed by atoms with van der Waals surface area (Å²) in [6.07, 6.45) is 2.00. The van der Waals surface area contributed by atoms with Crippen LogP contribution >= 0.6 is 11.6 Å². The van der Waals surface area contributed by atoms with Crippen LogP contribution in [0.5, 0.6) is 5.75 Å². The van der Waals surface area contributed by atoms with Gasteiger partial charge in [-0.25, -0.2) is 8.42 Å². The smallest absolute Gasteiger partial charge is 0.265 e. The molecule has 0 radical (unpaired) electrons. The largest absolute Gasteiger partial charge is 0.481 e. The predicted molar refractivity (Wildman–Crippen MR) is 114 cm³/mol. The Kier molecular flexibility index (Phi) is 6.82. The van der Waals surface area contributed by atoms with Gasteiger partial charge < -0.3 is 10.1 Å². The second-order valence-corrected chi connectivity index (χ2v) is 9.52. The van der Waals surface area contributed by atoms with Crippen LogP contribution in [0.15, 0.2) is 47.4 Å². The van der Waals surface area contributed by atoms with E-state index < -0.39 is 16.1 Å². The molecule has 1 N–H and O–H groups in total. The summed E-state index contributed by atoms with van der Waals surface area (Å²) in [6, 6.07) is 11.6. The van der Waals surface area contributed by atoms with Gasteiger partial charge in [-0.2, -0.15) is 4.31 Å². The standard InChI is InChI=1S/C21H25ClN2O4S/c1-15-9-10-19(29(26,27)24-11-4-3-5-12-24)14-20(15)23-21(25)16(2)28-18-8-6-7-17(22)13-18/h6-10,13-14,16H,3-5,11-12H2,1-2H3,(H,23,25)/t16-/m1/s1. The number of halogens is 1. The molecule has 1 saturated heterocycles. The van der Waals surface area contributed by atoms with E-state index in [0.29, 0.717) is 29.5 Å². The maximum Gasteiger partial charge on any atom is 0.265 e.